The van der Waals surface area contributed by atoms with Crippen molar-refractivity contribution in [3.63, 3.8) is 0 Å². The zero-order chi connectivity index (χ0) is 22.7. The van der Waals surface area contributed by atoms with Crippen molar-refractivity contribution in [1.82, 2.24) is 30.0 Å². The van der Waals surface area contributed by atoms with Gasteiger partial charge in [0.2, 0.25) is 5.91 Å². The molecule has 2 aromatic carbocycles. The van der Waals surface area contributed by atoms with Crippen LogP contribution in [0.2, 0.25) is 0 Å². The number of amides is 2. The average Bonchev–Trinajstić information content (AvgIpc) is 3.53. The van der Waals surface area contributed by atoms with Gasteiger partial charge in [0.25, 0.3) is 5.91 Å². The lowest BCUT2D eigenvalue weighted by molar-refractivity contribution is -0.132. The molecule has 1 fully saturated rings. The van der Waals surface area contributed by atoms with Gasteiger partial charge in [-0.1, -0.05) is 12.6 Å². The predicted octanol–water partition coefficient (Wildman–Crippen LogP) is 3.28. The Bertz CT molecular complexity index is 1430. The van der Waals surface area contributed by atoms with Gasteiger partial charge in [0, 0.05) is 36.1 Å². The standard InChI is InChI=1S/C25H22N6O2/c1-3-23(32)30-10-16(11-30)31-12-20-17(22-9-26-13-27-22)6-15(7-18(20)25(31)33)24-14(2)4-5-21-19(24)8-28-29-21/h3-9,13,16H,1,10-12H2,2H3,(H,26,27)(H,28,29). The second-order valence-electron chi connectivity index (χ2n) is 8.64. The lowest BCUT2D eigenvalue weighted by Gasteiger charge is -2.43. The van der Waals surface area contributed by atoms with E-state index < -0.39 is 0 Å². The third kappa shape index (κ3) is 2.91. The third-order valence-electron chi connectivity index (χ3n) is 6.77. The molecule has 2 aliphatic rings. The SMILES string of the molecule is C=CC(=O)N1CC(N2Cc3c(cc(-c4c(C)ccc5[nH]ncc45)cc3-c3cnc[nH]3)C2=O)C1. The summed E-state index contributed by atoms with van der Waals surface area (Å²) >= 11 is 0. The van der Waals surface area contributed by atoms with Crippen LogP contribution in [0, 0.1) is 6.92 Å². The van der Waals surface area contributed by atoms with Gasteiger partial charge in [-0.3, -0.25) is 14.7 Å². The maximum atomic E-state index is 13.5. The zero-order valence-electron chi connectivity index (χ0n) is 18.1. The lowest BCUT2D eigenvalue weighted by Crippen LogP contribution is -2.60. The highest BCUT2D eigenvalue weighted by molar-refractivity contribution is 6.04. The van der Waals surface area contributed by atoms with E-state index in [4.69, 9.17) is 0 Å². The van der Waals surface area contributed by atoms with Crippen molar-refractivity contribution in [2.45, 2.75) is 19.5 Å². The minimum Gasteiger partial charge on any atom is -0.345 e. The number of hydrogen-bond acceptors (Lipinski definition) is 4. The Kier molecular flexibility index (Phi) is 4.23. The van der Waals surface area contributed by atoms with Crippen LogP contribution in [0.25, 0.3) is 33.3 Å². The monoisotopic (exact) mass is 438 g/mol. The number of carbonyl (C=O) groups excluding carboxylic acids is 2. The number of nitrogens with one attached hydrogen (secondary N) is 2. The molecule has 0 aliphatic carbocycles. The number of likely N-dealkylation sites (tertiary alicyclic amines) is 1. The summed E-state index contributed by atoms with van der Waals surface area (Å²) in [6.07, 6.45) is 6.58. The Morgan fingerprint density at radius 3 is 2.79 bits per heavy atom. The first-order valence-corrected chi connectivity index (χ1v) is 10.9. The van der Waals surface area contributed by atoms with E-state index in [-0.39, 0.29) is 17.9 Å². The summed E-state index contributed by atoms with van der Waals surface area (Å²) in [6.45, 7) is 7.19. The molecule has 0 atom stereocenters. The van der Waals surface area contributed by atoms with Crippen LogP contribution in [-0.2, 0) is 11.3 Å². The highest BCUT2D eigenvalue weighted by Gasteiger charge is 2.41. The molecule has 8 nitrogen and oxygen atoms in total. The van der Waals surface area contributed by atoms with Gasteiger partial charge >= 0.3 is 0 Å². The summed E-state index contributed by atoms with van der Waals surface area (Å²) in [5.41, 5.74) is 7.61. The Labute approximate surface area is 189 Å². The lowest BCUT2D eigenvalue weighted by atomic mass is 9.91. The molecular weight excluding hydrogens is 416 g/mol. The number of imidazole rings is 1. The molecule has 6 rings (SSSR count). The fourth-order valence-corrected chi connectivity index (χ4v) is 4.98. The molecule has 2 N–H and O–H groups in total. The van der Waals surface area contributed by atoms with Crippen molar-refractivity contribution in [2.75, 3.05) is 13.1 Å². The van der Waals surface area contributed by atoms with Crippen LogP contribution in [0.5, 0.6) is 0 Å². The number of carbonyl (C=O) groups is 2. The van der Waals surface area contributed by atoms with E-state index in [0.717, 1.165) is 44.4 Å². The van der Waals surface area contributed by atoms with E-state index >= 15 is 0 Å². The highest BCUT2D eigenvalue weighted by atomic mass is 16.2. The fourth-order valence-electron chi connectivity index (χ4n) is 4.98. The Morgan fingerprint density at radius 1 is 1.21 bits per heavy atom. The maximum Gasteiger partial charge on any atom is 0.254 e. The summed E-state index contributed by atoms with van der Waals surface area (Å²) in [7, 11) is 0. The fraction of sp³-hybridized carbons (Fsp3) is 0.200. The van der Waals surface area contributed by atoms with E-state index in [9.17, 15) is 9.59 Å². The van der Waals surface area contributed by atoms with Crippen LogP contribution in [-0.4, -0.2) is 60.9 Å². The molecule has 2 aliphatic heterocycles. The van der Waals surface area contributed by atoms with Gasteiger partial charge in [-0.15, -0.1) is 0 Å². The van der Waals surface area contributed by atoms with Crippen molar-refractivity contribution < 1.29 is 9.59 Å². The third-order valence-corrected chi connectivity index (χ3v) is 6.77. The zero-order valence-corrected chi connectivity index (χ0v) is 18.1. The quantitative estimate of drug-likeness (QED) is 0.478. The predicted molar refractivity (Wildman–Crippen MR) is 124 cm³/mol. The minimum atomic E-state index is -0.0977. The number of H-pyrrole nitrogens is 2. The number of benzene rings is 2. The molecule has 0 bridgehead atoms. The van der Waals surface area contributed by atoms with Gasteiger partial charge in [0.1, 0.15) is 0 Å². The molecule has 4 aromatic rings. The van der Waals surface area contributed by atoms with E-state index in [1.165, 1.54) is 6.08 Å². The van der Waals surface area contributed by atoms with Crippen molar-refractivity contribution in [3.8, 4) is 22.4 Å². The normalized spacial score (nSPS) is 15.7. The van der Waals surface area contributed by atoms with Gasteiger partial charge in [0.15, 0.2) is 0 Å². The van der Waals surface area contributed by atoms with Gasteiger partial charge in [-0.25, -0.2) is 4.98 Å². The summed E-state index contributed by atoms with van der Waals surface area (Å²) in [6, 6.07) is 8.21. The number of rotatable bonds is 4. The Morgan fingerprint density at radius 2 is 2.03 bits per heavy atom. The average molecular weight is 438 g/mol. The first-order chi connectivity index (χ1) is 16.0. The molecule has 8 heteroatoms. The first kappa shape index (κ1) is 19.5. The van der Waals surface area contributed by atoms with Crippen molar-refractivity contribution >= 4 is 22.7 Å². The molecule has 0 radical (unpaired) electrons. The molecule has 4 heterocycles. The van der Waals surface area contributed by atoms with Crippen molar-refractivity contribution in [2.24, 2.45) is 0 Å². The largest absolute Gasteiger partial charge is 0.345 e. The summed E-state index contributed by atoms with van der Waals surface area (Å²) in [5, 5.41) is 8.27. The van der Waals surface area contributed by atoms with E-state index in [1.54, 1.807) is 17.4 Å². The number of nitrogens with zero attached hydrogens (tertiary/aromatic N) is 4. The molecular formula is C25H22N6O2. The smallest absolute Gasteiger partial charge is 0.254 e. The van der Waals surface area contributed by atoms with Crippen LogP contribution in [0.4, 0.5) is 0 Å². The van der Waals surface area contributed by atoms with Crippen LogP contribution in [0.1, 0.15) is 21.5 Å². The van der Waals surface area contributed by atoms with E-state index in [2.05, 4.69) is 45.8 Å². The Hall–Kier alpha value is -4.20. The topological polar surface area (TPSA) is 98.0 Å². The Balaban J connectivity index is 1.46. The molecule has 1 saturated heterocycles. The van der Waals surface area contributed by atoms with Gasteiger partial charge < -0.3 is 14.8 Å². The van der Waals surface area contributed by atoms with Crippen LogP contribution >= 0.6 is 0 Å². The molecule has 2 aromatic heterocycles. The molecule has 33 heavy (non-hydrogen) atoms. The van der Waals surface area contributed by atoms with Crippen LogP contribution in [0.15, 0.2) is 55.6 Å². The minimum absolute atomic E-state index is 0.000314. The van der Waals surface area contributed by atoms with E-state index in [0.29, 0.717) is 25.2 Å². The second kappa shape index (κ2) is 7.16. The van der Waals surface area contributed by atoms with Gasteiger partial charge in [0.05, 0.1) is 36.0 Å². The number of hydrogen-bond donors (Lipinski definition) is 2. The molecule has 0 saturated carbocycles. The highest BCUT2D eigenvalue weighted by Crippen LogP contribution is 2.40. The summed E-state index contributed by atoms with van der Waals surface area (Å²) in [5.74, 6) is -0.0973. The van der Waals surface area contributed by atoms with Gasteiger partial charge in [-0.05, 0) is 53.5 Å². The molecule has 164 valence electrons. The van der Waals surface area contributed by atoms with E-state index in [1.807, 2.05) is 23.2 Å². The molecule has 0 unspecified atom stereocenters. The van der Waals surface area contributed by atoms with Crippen molar-refractivity contribution in [3.05, 3.63) is 72.3 Å². The van der Waals surface area contributed by atoms with Crippen molar-refractivity contribution in [1.29, 1.82) is 0 Å². The van der Waals surface area contributed by atoms with Crippen LogP contribution in [0.3, 0.4) is 0 Å². The summed E-state index contributed by atoms with van der Waals surface area (Å²) in [4.78, 5) is 36.4. The van der Waals surface area contributed by atoms with Crippen LogP contribution < -0.4 is 0 Å². The first-order valence-electron chi connectivity index (χ1n) is 10.9. The molecule has 0 spiro atoms. The number of fused-ring (bicyclic) bond motifs is 2. The second-order valence-corrected chi connectivity index (χ2v) is 8.64. The number of aromatic nitrogens is 4. The number of aryl methyl sites for hydroxylation is 1. The number of aromatic amines is 2. The summed E-state index contributed by atoms with van der Waals surface area (Å²) < 4.78 is 0. The van der Waals surface area contributed by atoms with Gasteiger partial charge in [-0.2, -0.15) is 5.10 Å². The molecule has 2 amide bonds. The maximum absolute atomic E-state index is 13.5.